The molecule has 124 valence electrons. The summed E-state index contributed by atoms with van der Waals surface area (Å²) >= 11 is 1.34. The van der Waals surface area contributed by atoms with Crippen LogP contribution in [0.3, 0.4) is 0 Å². The van der Waals surface area contributed by atoms with Gasteiger partial charge in [-0.3, -0.25) is 4.79 Å². The predicted octanol–water partition coefficient (Wildman–Crippen LogP) is 3.87. The van der Waals surface area contributed by atoms with Crippen molar-refractivity contribution in [1.29, 1.82) is 5.26 Å². The van der Waals surface area contributed by atoms with Crippen molar-refractivity contribution < 1.29 is 4.79 Å². The third kappa shape index (κ3) is 3.70. The fourth-order valence-electron chi connectivity index (χ4n) is 3.09. The molecular weight excluding hydrogens is 318 g/mol. The molecule has 24 heavy (non-hydrogen) atoms. The lowest BCUT2D eigenvalue weighted by molar-refractivity contribution is -0.119. The summed E-state index contributed by atoms with van der Waals surface area (Å²) in [6.07, 6.45) is 4.54. The summed E-state index contributed by atoms with van der Waals surface area (Å²) in [5.41, 5.74) is 3.76. The zero-order valence-electron chi connectivity index (χ0n) is 14.1. The predicted molar refractivity (Wildman–Crippen MR) is 97.1 cm³/mol. The van der Waals surface area contributed by atoms with Crippen LogP contribution in [0.5, 0.6) is 0 Å². The Hall–Kier alpha value is -2.06. The van der Waals surface area contributed by atoms with Crippen LogP contribution in [0.25, 0.3) is 10.9 Å². The number of fused-ring (bicyclic) bond motifs is 1. The van der Waals surface area contributed by atoms with E-state index in [1.54, 1.807) is 0 Å². The number of pyridine rings is 1. The van der Waals surface area contributed by atoms with E-state index >= 15 is 0 Å². The van der Waals surface area contributed by atoms with Crippen molar-refractivity contribution in [2.75, 3.05) is 5.75 Å². The van der Waals surface area contributed by atoms with Crippen LogP contribution >= 0.6 is 11.8 Å². The van der Waals surface area contributed by atoms with E-state index in [9.17, 15) is 10.1 Å². The molecule has 4 nitrogen and oxygen atoms in total. The van der Waals surface area contributed by atoms with Crippen molar-refractivity contribution in [3.05, 3.63) is 34.9 Å². The van der Waals surface area contributed by atoms with Crippen LogP contribution < -0.4 is 5.32 Å². The number of carbonyl (C=O) groups excluding carboxylic acids is 1. The van der Waals surface area contributed by atoms with Gasteiger partial charge in [0.15, 0.2) is 0 Å². The van der Waals surface area contributed by atoms with Gasteiger partial charge < -0.3 is 5.32 Å². The smallest absolute Gasteiger partial charge is 0.230 e. The lowest BCUT2D eigenvalue weighted by atomic mass is 10.1. The quantitative estimate of drug-likeness (QED) is 0.859. The van der Waals surface area contributed by atoms with Crippen molar-refractivity contribution in [1.82, 2.24) is 10.3 Å². The summed E-state index contributed by atoms with van der Waals surface area (Å²) in [4.78, 5) is 16.7. The van der Waals surface area contributed by atoms with E-state index in [4.69, 9.17) is 0 Å². The molecule has 1 aliphatic rings. The van der Waals surface area contributed by atoms with Crippen LogP contribution in [0.15, 0.2) is 23.2 Å². The van der Waals surface area contributed by atoms with E-state index in [1.807, 2.05) is 12.1 Å². The number of nitriles is 1. The molecule has 1 aromatic heterocycles. The van der Waals surface area contributed by atoms with Crippen LogP contribution in [0.4, 0.5) is 0 Å². The van der Waals surface area contributed by atoms with Gasteiger partial charge in [-0.05, 0) is 56.0 Å². The Morgan fingerprint density at radius 1 is 1.29 bits per heavy atom. The zero-order chi connectivity index (χ0) is 17.1. The van der Waals surface area contributed by atoms with E-state index in [0.29, 0.717) is 22.4 Å². The van der Waals surface area contributed by atoms with Crippen LogP contribution in [-0.2, 0) is 4.79 Å². The molecule has 0 radical (unpaired) electrons. The van der Waals surface area contributed by atoms with Gasteiger partial charge in [0.2, 0.25) is 5.91 Å². The van der Waals surface area contributed by atoms with Crippen LogP contribution in [-0.4, -0.2) is 22.7 Å². The molecule has 2 aromatic rings. The summed E-state index contributed by atoms with van der Waals surface area (Å²) < 4.78 is 0. The van der Waals surface area contributed by atoms with E-state index in [0.717, 1.165) is 23.7 Å². The maximum atomic E-state index is 12.1. The normalized spacial score (nSPS) is 14.7. The third-order valence-corrected chi connectivity index (χ3v) is 5.57. The lowest BCUT2D eigenvalue weighted by Gasteiger charge is -2.12. The fourth-order valence-corrected chi connectivity index (χ4v) is 3.86. The monoisotopic (exact) mass is 339 g/mol. The van der Waals surface area contributed by atoms with Gasteiger partial charge in [-0.15, -0.1) is 0 Å². The summed E-state index contributed by atoms with van der Waals surface area (Å²) in [5, 5.41) is 14.1. The Bertz CT molecular complexity index is 819. The Morgan fingerprint density at radius 3 is 2.71 bits per heavy atom. The number of nitrogens with zero attached hydrogens (tertiary/aromatic N) is 2. The summed E-state index contributed by atoms with van der Waals surface area (Å²) in [7, 11) is 0. The molecule has 0 saturated heterocycles. The number of aryl methyl sites for hydroxylation is 2. The van der Waals surface area contributed by atoms with E-state index in [-0.39, 0.29) is 5.91 Å². The Balaban J connectivity index is 1.76. The number of thioether (sulfide) groups is 1. The molecular formula is C19H21N3OS. The van der Waals surface area contributed by atoms with Crippen molar-refractivity contribution in [3.63, 3.8) is 0 Å². The van der Waals surface area contributed by atoms with Crippen molar-refractivity contribution in [3.8, 4) is 6.07 Å². The number of hydrogen-bond donors (Lipinski definition) is 1. The molecule has 1 amide bonds. The molecule has 1 saturated carbocycles. The fraction of sp³-hybridized carbons (Fsp3) is 0.421. The lowest BCUT2D eigenvalue weighted by Crippen LogP contribution is -2.33. The molecule has 1 aromatic carbocycles. The maximum absolute atomic E-state index is 12.1. The molecule has 0 unspecified atom stereocenters. The second kappa shape index (κ2) is 7.23. The van der Waals surface area contributed by atoms with Crippen LogP contribution in [0.2, 0.25) is 0 Å². The van der Waals surface area contributed by atoms with Crippen molar-refractivity contribution in [2.45, 2.75) is 50.6 Å². The van der Waals surface area contributed by atoms with Gasteiger partial charge in [0, 0.05) is 11.4 Å². The summed E-state index contributed by atoms with van der Waals surface area (Å²) in [6.45, 7) is 4.10. The Kier molecular flexibility index (Phi) is 5.06. The van der Waals surface area contributed by atoms with E-state index < -0.39 is 0 Å². The van der Waals surface area contributed by atoms with Crippen LogP contribution in [0, 0.1) is 25.2 Å². The second-order valence-corrected chi connectivity index (χ2v) is 7.38. The summed E-state index contributed by atoms with van der Waals surface area (Å²) in [6, 6.07) is 8.49. The van der Waals surface area contributed by atoms with Gasteiger partial charge in [0.1, 0.15) is 11.1 Å². The number of amides is 1. The van der Waals surface area contributed by atoms with Crippen LogP contribution in [0.1, 0.15) is 42.4 Å². The first-order chi connectivity index (χ1) is 11.6. The highest BCUT2D eigenvalue weighted by Crippen LogP contribution is 2.26. The highest BCUT2D eigenvalue weighted by Gasteiger charge is 2.18. The molecule has 0 bridgehead atoms. The molecule has 1 heterocycles. The number of nitrogens with one attached hydrogen (secondary N) is 1. The van der Waals surface area contributed by atoms with Gasteiger partial charge >= 0.3 is 0 Å². The Labute approximate surface area is 146 Å². The average molecular weight is 339 g/mol. The topological polar surface area (TPSA) is 65.8 Å². The minimum atomic E-state index is 0.0257. The van der Waals surface area contributed by atoms with E-state index in [1.165, 1.54) is 35.7 Å². The van der Waals surface area contributed by atoms with E-state index in [2.05, 4.69) is 36.3 Å². The largest absolute Gasteiger partial charge is 0.353 e. The molecule has 1 fully saturated rings. The molecule has 5 heteroatoms. The van der Waals surface area contributed by atoms with Gasteiger partial charge in [-0.1, -0.05) is 24.6 Å². The molecule has 3 rings (SSSR count). The zero-order valence-corrected chi connectivity index (χ0v) is 14.9. The molecule has 1 N–H and O–H groups in total. The summed E-state index contributed by atoms with van der Waals surface area (Å²) in [5.74, 6) is 0.326. The average Bonchev–Trinajstić information content (AvgIpc) is 3.06. The maximum Gasteiger partial charge on any atom is 0.230 e. The van der Waals surface area contributed by atoms with Gasteiger partial charge in [0.25, 0.3) is 0 Å². The first-order valence-corrected chi connectivity index (χ1v) is 9.29. The van der Waals surface area contributed by atoms with Gasteiger partial charge in [0.05, 0.1) is 16.8 Å². The number of hydrogen-bond acceptors (Lipinski definition) is 4. The van der Waals surface area contributed by atoms with Gasteiger partial charge in [-0.2, -0.15) is 5.26 Å². The molecule has 0 aliphatic heterocycles. The number of carbonyl (C=O) groups is 1. The first kappa shape index (κ1) is 16.8. The van der Waals surface area contributed by atoms with Crippen molar-refractivity contribution in [2.24, 2.45) is 0 Å². The minimum absolute atomic E-state index is 0.0257. The number of aromatic nitrogens is 1. The molecule has 0 atom stereocenters. The third-order valence-electron chi connectivity index (χ3n) is 4.58. The minimum Gasteiger partial charge on any atom is -0.353 e. The van der Waals surface area contributed by atoms with Crippen molar-refractivity contribution >= 4 is 28.6 Å². The molecule has 0 spiro atoms. The molecule has 1 aliphatic carbocycles. The standard InChI is InChI=1S/C19H21N3OS/c1-12-7-14-9-15(10-20)19(22-17(14)8-13(12)2)24-11-18(23)21-16-5-3-4-6-16/h7-9,16H,3-6,11H2,1-2H3,(H,21,23). The Morgan fingerprint density at radius 2 is 2.00 bits per heavy atom. The second-order valence-electron chi connectivity index (χ2n) is 6.42. The number of benzene rings is 1. The first-order valence-electron chi connectivity index (χ1n) is 8.31. The number of rotatable bonds is 4. The van der Waals surface area contributed by atoms with Gasteiger partial charge in [-0.25, -0.2) is 4.98 Å². The SMILES string of the molecule is Cc1cc2cc(C#N)c(SCC(=O)NC3CCCC3)nc2cc1C. The highest BCUT2D eigenvalue weighted by atomic mass is 32.2. The highest BCUT2D eigenvalue weighted by molar-refractivity contribution is 8.00.